The lowest BCUT2D eigenvalue weighted by Crippen LogP contribution is -2.40. The van der Waals surface area contributed by atoms with Gasteiger partial charge in [0.05, 0.1) is 6.54 Å². The fourth-order valence-corrected chi connectivity index (χ4v) is 3.25. The van der Waals surface area contributed by atoms with Gasteiger partial charge in [0, 0.05) is 30.3 Å². The Kier molecular flexibility index (Phi) is 8.30. The number of anilines is 1. The van der Waals surface area contributed by atoms with E-state index in [4.69, 9.17) is 0 Å². The number of benzene rings is 1. The Hall–Kier alpha value is -2.37. The van der Waals surface area contributed by atoms with E-state index in [2.05, 4.69) is 17.6 Å². The highest BCUT2D eigenvalue weighted by atomic mass is 16.2. The molecule has 1 aliphatic rings. The standard InChI is InChI=1S/C21H31N3O3/c1-3-4-5-6-8-16(2)23-19(25)15-22-21(27)17-10-12-18(13-11-17)24-14-7-9-20(24)26/h10-13,16H,3-9,14-15H2,1-2H3,(H,22,27)(H,23,25). The van der Waals surface area contributed by atoms with Crippen LogP contribution >= 0.6 is 0 Å². The van der Waals surface area contributed by atoms with Crippen molar-refractivity contribution in [3.05, 3.63) is 29.8 Å². The maximum atomic E-state index is 12.2. The van der Waals surface area contributed by atoms with Crippen LogP contribution in [0.15, 0.2) is 24.3 Å². The van der Waals surface area contributed by atoms with Crippen LogP contribution in [-0.4, -0.2) is 36.9 Å². The van der Waals surface area contributed by atoms with Crippen LogP contribution in [-0.2, 0) is 9.59 Å². The molecule has 1 aromatic carbocycles. The van der Waals surface area contributed by atoms with Gasteiger partial charge in [-0.25, -0.2) is 0 Å². The number of hydrogen-bond donors (Lipinski definition) is 2. The van der Waals surface area contributed by atoms with Crippen molar-refractivity contribution in [1.82, 2.24) is 10.6 Å². The summed E-state index contributed by atoms with van der Waals surface area (Å²) >= 11 is 0. The highest BCUT2D eigenvalue weighted by Gasteiger charge is 2.21. The Morgan fingerprint density at radius 1 is 1.15 bits per heavy atom. The zero-order valence-electron chi connectivity index (χ0n) is 16.4. The van der Waals surface area contributed by atoms with Crippen molar-refractivity contribution in [2.75, 3.05) is 18.0 Å². The molecule has 1 atom stereocenters. The maximum Gasteiger partial charge on any atom is 0.251 e. The van der Waals surface area contributed by atoms with Gasteiger partial charge < -0.3 is 15.5 Å². The predicted octanol–water partition coefficient (Wildman–Crippen LogP) is 3.02. The SMILES string of the molecule is CCCCCCC(C)NC(=O)CNC(=O)c1ccc(N2CCCC2=O)cc1. The summed E-state index contributed by atoms with van der Waals surface area (Å²) in [5, 5.41) is 5.56. The zero-order valence-corrected chi connectivity index (χ0v) is 16.4. The molecular formula is C21H31N3O3. The van der Waals surface area contributed by atoms with Gasteiger partial charge in [-0.05, 0) is 44.0 Å². The van der Waals surface area contributed by atoms with Crippen molar-refractivity contribution < 1.29 is 14.4 Å². The Bertz CT molecular complexity index is 643. The van der Waals surface area contributed by atoms with E-state index < -0.39 is 0 Å². The van der Waals surface area contributed by atoms with E-state index >= 15 is 0 Å². The van der Waals surface area contributed by atoms with Crippen molar-refractivity contribution in [2.45, 2.75) is 64.8 Å². The third kappa shape index (κ3) is 6.70. The molecule has 1 fully saturated rings. The van der Waals surface area contributed by atoms with E-state index in [9.17, 15) is 14.4 Å². The first-order chi connectivity index (χ1) is 13.0. The monoisotopic (exact) mass is 373 g/mol. The van der Waals surface area contributed by atoms with Gasteiger partial charge in [0.15, 0.2) is 0 Å². The molecular weight excluding hydrogens is 342 g/mol. The lowest BCUT2D eigenvalue weighted by Gasteiger charge is -2.16. The fraction of sp³-hybridized carbons (Fsp3) is 0.571. The summed E-state index contributed by atoms with van der Waals surface area (Å²) in [4.78, 5) is 37.7. The van der Waals surface area contributed by atoms with E-state index in [0.717, 1.165) is 31.5 Å². The molecule has 2 N–H and O–H groups in total. The third-order valence-corrected chi connectivity index (χ3v) is 4.82. The van der Waals surface area contributed by atoms with Crippen LogP contribution in [0.5, 0.6) is 0 Å². The molecule has 3 amide bonds. The van der Waals surface area contributed by atoms with E-state index in [0.29, 0.717) is 12.0 Å². The lowest BCUT2D eigenvalue weighted by molar-refractivity contribution is -0.120. The molecule has 6 nitrogen and oxygen atoms in total. The van der Waals surface area contributed by atoms with Gasteiger partial charge in [0.2, 0.25) is 11.8 Å². The van der Waals surface area contributed by atoms with Gasteiger partial charge in [0.1, 0.15) is 0 Å². The number of unbranched alkanes of at least 4 members (excludes halogenated alkanes) is 3. The summed E-state index contributed by atoms with van der Waals surface area (Å²) < 4.78 is 0. The van der Waals surface area contributed by atoms with Crippen LogP contribution in [0, 0.1) is 0 Å². The molecule has 0 saturated carbocycles. The van der Waals surface area contributed by atoms with Gasteiger partial charge in [-0.15, -0.1) is 0 Å². The quantitative estimate of drug-likeness (QED) is 0.619. The minimum atomic E-state index is -0.292. The van der Waals surface area contributed by atoms with Crippen molar-refractivity contribution in [3.63, 3.8) is 0 Å². The molecule has 1 heterocycles. The van der Waals surface area contributed by atoms with Crippen molar-refractivity contribution in [3.8, 4) is 0 Å². The van der Waals surface area contributed by atoms with Gasteiger partial charge in [0.25, 0.3) is 5.91 Å². The summed E-state index contributed by atoms with van der Waals surface area (Å²) in [5.74, 6) is -0.349. The maximum absolute atomic E-state index is 12.2. The highest BCUT2D eigenvalue weighted by molar-refractivity contribution is 5.98. The van der Waals surface area contributed by atoms with Gasteiger partial charge >= 0.3 is 0 Å². The van der Waals surface area contributed by atoms with Crippen LogP contribution in [0.2, 0.25) is 0 Å². The van der Waals surface area contributed by atoms with Gasteiger partial charge in [-0.3, -0.25) is 14.4 Å². The first kappa shape index (κ1) is 20.9. The van der Waals surface area contributed by atoms with Crippen LogP contribution in [0.3, 0.4) is 0 Å². The molecule has 1 saturated heterocycles. The number of carbonyl (C=O) groups is 3. The largest absolute Gasteiger partial charge is 0.352 e. The average molecular weight is 373 g/mol. The number of amides is 3. The molecule has 0 radical (unpaired) electrons. The Balaban J connectivity index is 1.73. The van der Waals surface area contributed by atoms with Crippen LogP contribution in [0.25, 0.3) is 0 Å². The molecule has 27 heavy (non-hydrogen) atoms. The predicted molar refractivity (Wildman–Crippen MR) is 107 cm³/mol. The summed E-state index contributed by atoms with van der Waals surface area (Å²) in [6.45, 7) is 4.85. The molecule has 0 aromatic heterocycles. The smallest absolute Gasteiger partial charge is 0.251 e. The van der Waals surface area contributed by atoms with Crippen molar-refractivity contribution in [2.24, 2.45) is 0 Å². The number of nitrogens with zero attached hydrogens (tertiary/aromatic N) is 1. The highest BCUT2D eigenvalue weighted by Crippen LogP contribution is 2.21. The number of carbonyl (C=O) groups excluding carboxylic acids is 3. The molecule has 0 bridgehead atoms. The topological polar surface area (TPSA) is 78.5 Å². The second kappa shape index (κ2) is 10.7. The van der Waals surface area contributed by atoms with E-state index in [-0.39, 0.29) is 30.3 Å². The fourth-order valence-electron chi connectivity index (χ4n) is 3.25. The Labute approximate surface area is 161 Å². The van der Waals surface area contributed by atoms with Crippen molar-refractivity contribution >= 4 is 23.4 Å². The molecule has 2 rings (SSSR count). The van der Waals surface area contributed by atoms with E-state index in [1.165, 1.54) is 19.3 Å². The second-order valence-corrected chi connectivity index (χ2v) is 7.20. The minimum absolute atomic E-state index is 0.0372. The number of rotatable bonds is 10. The number of hydrogen-bond acceptors (Lipinski definition) is 3. The molecule has 0 spiro atoms. The molecule has 1 aliphatic heterocycles. The average Bonchev–Trinajstić information content (AvgIpc) is 3.09. The lowest BCUT2D eigenvalue weighted by atomic mass is 10.1. The van der Waals surface area contributed by atoms with Gasteiger partial charge in [-0.2, -0.15) is 0 Å². The minimum Gasteiger partial charge on any atom is -0.352 e. The normalized spacial score (nSPS) is 14.9. The van der Waals surface area contributed by atoms with Crippen molar-refractivity contribution in [1.29, 1.82) is 0 Å². The summed E-state index contributed by atoms with van der Waals surface area (Å²) in [7, 11) is 0. The van der Waals surface area contributed by atoms with E-state index in [1.807, 2.05) is 6.92 Å². The molecule has 148 valence electrons. The number of nitrogens with one attached hydrogen (secondary N) is 2. The molecule has 1 aromatic rings. The zero-order chi connectivity index (χ0) is 19.6. The first-order valence-electron chi connectivity index (χ1n) is 9.99. The Morgan fingerprint density at radius 3 is 2.52 bits per heavy atom. The van der Waals surface area contributed by atoms with Gasteiger partial charge in [-0.1, -0.05) is 32.6 Å². The third-order valence-electron chi connectivity index (χ3n) is 4.82. The first-order valence-corrected chi connectivity index (χ1v) is 9.99. The summed E-state index contributed by atoms with van der Waals surface area (Å²) in [6.07, 6.45) is 7.11. The summed E-state index contributed by atoms with van der Waals surface area (Å²) in [5.41, 5.74) is 1.29. The van der Waals surface area contributed by atoms with E-state index in [1.54, 1.807) is 29.2 Å². The van der Waals surface area contributed by atoms with Crippen LogP contribution < -0.4 is 15.5 Å². The van der Waals surface area contributed by atoms with Crippen LogP contribution in [0.1, 0.15) is 69.2 Å². The second-order valence-electron chi connectivity index (χ2n) is 7.20. The molecule has 0 aliphatic carbocycles. The molecule has 1 unspecified atom stereocenters. The van der Waals surface area contributed by atoms with Crippen LogP contribution in [0.4, 0.5) is 5.69 Å². The Morgan fingerprint density at radius 2 is 1.89 bits per heavy atom. The molecule has 6 heteroatoms. The summed E-state index contributed by atoms with van der Waals surface area (Å²) in [6, 6.07) is 7.03.